The van der Waals surface area contributed by atoms with E-state index in [-0.39, 0.29) is 17.2 Å². The third-order valence-corrected chi connectivity index (χ3v) is 6.90. The molecule has 0 aliphatic rings. The molecule has 4 rings (SSSR count). The molecular formula is C25H23N3O2S2. The van der Waals surface area contributed by atoms with Crippen LogP contribution < -0.4 is 10.9 Å². The zero-order valence-corrected chi connectivity index (χ0v) is 19.6. The summed E-state index contributed by atoms with van der Waals surface area (Å²) in [6.07, 6.45) is 1.67. The molecule has 0 atom stereocenters. The normalized spacial score (nSPS) is 10.9. The van der Waals surface area contributed by atoms with Crippen LogP contribution in [0.25, 0.3) is 21.3 Å². The fourth-order valence-corrected chi connectivity index (χ4v) is 5.22. The SMILES string of the molecule is C=CCn1c(SCC(=O)Nc2cc(C)ccc2C)nc2scc(-c3ccccc3)c2c1=O. The molecule has 2 aromatic carbocycles. The lowest BCUT2D eigenvalue weighted by atomic mass is 10.1. The first-order valence-corrected chi connectivity index (χ1v) is 12.0. The Morgan fingerprint density at radius 2 is 2.00 bits per heavy atom. The first kappa shape index (κ1) is 22.0. The summed E-state index contributed by atoms with van der Waals surface area (Å²) in [7, 11) is 0. The maximum Gasteiger partial charge on any atom is 0.263 e. The number of carbonyl (C=O) groups excluding carboxylic acids is 1. The lowest BCUT2D eigenvalue weighted by Gasteiger charge is -2.12. The van der Waals surface area contributed by atoms with Crippen molar-refractivity contribution in [1.29, 1.82) is 0 Å². The third-order valence-electron chi connectivity index (χ3n) is 5.05. The monoisotopic (exact) mass is 461 g/mol. The molecule has 7 heteroatoms. The topological polar surface area (TPSA) is 64.0 Å². The van der Waals surface area contributed by atoms with Gasteiger partial charge in [0.25, 0.3) is 5.56 Å². The van der Waals surface area contributed by atoms with Crippen LogP contribution in [0.4, 0.5) is 5.69 Å². The summed E-state index contributed by atoms with van der Waals surface area (Å²) in [5.74, 6) is 0.0127. The lowest BCUT2D eigenvalue weighted by Crippen LogP contribution is -2.23. The molecule has 0 saturated heterocycles. The van der Waals surface area contributed by atoms with Crippen molar-refractivity contribution in [2.24, 2.45) is 0 Å². The van der Waals surface area contributed by atoms with Crippen molar-refractivity contribution in [3.8, 4) is 11.1 Å². The summed E-state index contributed by atoms with van der Waals surface area (Å²) >= 11 is 2.70. The maximum atomic E-state index is 13.4. The van der Waals surface area contributed by atoms with Crippen molar-refractivity contribution in [3.63, 3.8) is 0 Å². The van der Waals surface area contributed by atoms with Crippen LogP contribution >= 0.6 is 23.1 Å². The highest BCUT2D eigenvalue weighted by molar-refractivity contribution is 7.99. The number of hydrogen-bond donors (Lipinski definition) is 1. The summed E-state index contributed by atoms with van der Waals surface area (Å²) in [6, 6.07) is 15.8. The molecule has 0 aliphatic heterocycles. The van der Waals surface area contributed by atoms with Gasteiger partial charge in [-0.25, -0.2) is 4.98 Å². The summed E-state index contributed by atoms with van der Waals surface area (Å²) in [4.78, 5) is 31.4. The van der Waals surface area contributed by atoms with E-state index in [0.29, 0.717) is 21.9 Å². The van der Waals surface area contributed by atoms with Crippen molar-refractivity contribution in [3.05, 3.63) is 88.0 Å². The molecule has 0 unspecified atom stereocenters. The first-order valence-electron chi connectivity index (χ1n) is 10.2. The molecule has 0 aliphatic carbocycles. The second-order valence-corrected chi connectivity index (χ2v) is 9.25. The number of aromatic nitrogens is 2. The van der Waals surface area contributed by atoms with Gasteiger partial charge in [0.2, 0.25) is 5.91 Å². The molecule has 2 aromatic heterocycles. The number of anilines is 1. The van der Waals surface area contributed by atoms with Crippen LogP contribution in [-0.4, -0.2) is 21.2 Å². The number of amides is 1. The molecule has 0 fully saturated rings. The van der Waals surface area contributed by atoms with Crippen molar-refractivity contribution in [2.45, 2.75) is 25.5 Å². The number of thioether (sulfide) groups is 1. The van der Waals surface area contributed by atoms with E-state index in [9.17, 15) is 9.59 Å². The van der Waals surface area contributed by atoms with Gasteiger partial charge in [-0.2, -0.15) is 0 Å². The van der Waals surface area contributed by atoms with Crippen LogP contribution in [0.2, 0.25) is 0 Å². The van der Waals surface area contributed by atoms with E-state index in [0.717, 1.165) is 27.9 Å². The highest BCUT2D eigenvalue weighted by atomic mass is 32.2. The van der Waals surface area contributed by atoms with E-state index in [2.05, 4.69) is 11.9 Å². The van der Waals surface area contributed by atoms with Crippen LogP contribution in [0.1, 0.15) is 11.1 Å². The fourth-order valence-electron chi connectivity index (χ4n) is 3.42. The van der Waals surface area contributed by atoms with Crippen molar-refractivity contribution in [2.75, 3.05) is 11.1 Å². The van der Waals surface area contributed by atoms with Crippen molar-refractivity contribution < 1.29 is 4.79 Å². The molecular weight excluding hydrogens is 438 g/mol. The van der Waals surface area contributed by atoms with E-state index < -0.39 is 0 Å². The van der Waals surface area contributed by atoms with Gasteiger partial charge in [-0.15, -0.1) is 17.9 Å². The van der Waals surface area contributed by atoms with Crippen molar-refractivity contribution in [1.82, 2.24) is 9.55 Å². The number of carbonyl (C=O) groups is 1. The number of thiophene rings is 1. The predicted octanol–water partition coefficient (Wildman–Crippen LogP) is 5.66. The van der Waals surface area contributed by atoms with E-state index >= 15 is 0 Å². The first-order chi connectivity index (χ1) is 15.5. The Bertz CT molecular complexity index is 1360. The van der Waals surface area contributed by atoms with E-state index in [1.54, 1.807) is 10.6 Å². The molecule has 0 bridgehead atoms. The van der Waals surface area contributed by atoms with Gasteiger partial charge in [-0.1, -0.05) is 60.3 Å². The minimum Gasteiger partial charge on any atom is -0.325 e. The molecule has 5 nitrogen and oxygen atoms in total. The number of nitrogens with zero attached hydrogens (tertiary/aromatic N) is 2. The lowest BCUT2D eigenvalue weighted by molar-refractivity contribution is -0.113. The molecule has 2 heterocycles. The Balaban J connectivity index is 1.63. The second-order valence-electron chi connectivity index (χ2n) is 7.45. The fraction of sp³-hybridized carbons (Fsp3) is 0.160. The molecule has 0 radical (unpaired) electrons. The van der Waals surface area contributed by atoms with Gasteiger partial charge in [-0.05, 0) is 36.6 Å². The highest BCUT2D eigenvalue weighted by Crippen LogP contribution is 2.32. The van der Waals surface area contributed by atoms with Gasteiger partial charge in [-0.3, -0.25) is 14.2 Å². The Kier molecular flexibility index (Phi) is 6.58. The van der Waals surface area contributed by atoms with Gasteiger partial charge in [0.05, 0.1) is 11.1 Å². The van der Waals surface area contributed by atoms with E-state index in [1.807, 2.05) is 67.8 Å². The molecule has 1 amide bonds. The van der Waals surface area contributed by atoms with Crippen LogP contribution in [0.3, 0.4) is 0 Å². The number of nitrogens with one attached hydrogen (secondary N) is 1. The Morgan fingerprint density at radius 1 is 1.22 bits per heavy atom. The van der Waals surface area contributed by atoms with Gasteiger partial charge < -0.3 is 5.32 Å². The second kappa shape index (κ2) is 9.54. The average molecular weight is 462 g/mol. The number of allylic oxidation sites excluding steroid dienone is 1. The molecule has 0 spiro atoms. The summed E-state index contributed by atoms with van der Waals surface area (Å²) in [6.45, 7) is 8.05. The smallest absolute Gasteiger partial charge is 0.263 e. The summed E-state index contributed by atoms with van der Waals surface area (Å²) < 4.78 is 1.59. The quantitative estimate of drug-likeness (QED) is 0.219. The largest absolute Gasteiger partial charge is 0.325 e. The molecule has 32 heavy (non-hydrogen) atoms. The molecule has 162 valence electrons. The van der Waals surface area contributed by atoms with Gasteiger partial charge in [0.1, 0.15) is 4.83 Å². The zero-order chi connectivity index (χ0) is 22.7. The van der Waals surface area contributed by atoms with Crippen LogP contribution in [0.5, 0.6) is 0 Å². The minimum absolute atomic E-state index is 0.118. The third kappa shape index (κ3) is 4.54. The molecule has 4 aromatic rings. The Labute approximate surface area is 194 Å². The van der Waals surface area contributed by atoms with Crippen molar-refractivity contribution >= 4 is 44.9 Å². The van der Waals surface area contributed by atoms with Crippen LogP contribution in [-0.2, 0) is 11.3 Å². The maximum absolute atomic E-state index is 13.4. The number of aryl methyl sites for hydroxylation is 2. The number of fused-ring (bicyclic) bond motifs is 1. The highest BCUT2D eigenvalue weighted by Gasteiger charge is 2.18. The van der Waals surface area contributed by atoms with Gasteiger partial charge in [0, 0.05) is 23.2 Å². The number of benzene rings is 2. The molecule has 1 N–H and O–H groups in total. The minimum atomic E-state index is -0.139. The standard InChI is InChI=1S/C25H23N3O2S2/c1-4-12-28-24(30)22-19(18-8-6-5-7-9-18)14-31-23(22)27-25(28)32-15-21(29)26-20-13-16(2)10-11-17(20)3/h4-11,13-14H,1,12,15H2,2-3H3,(H,26,29). The van der Waals surface area contributed by atoms with E-state index in [1.165, 1.54) is 23.1 Å². The zero-order valence-electron chi connectivity index (χ0n) is 17.9. The molecule has 0 saturated carbocycles. The van der Waals surface area contributed by atoms with Gasteiger partial charge in [0.15, 0.2) is 5.16 Å². The predicted molar refractivity (Wildman–Crippen MR) is 135 cm³/mol. The summed E-state index contributed by atoms with van der Waals surface area (Å²) in [5, 5.41) is 6.04. The van der Waals surface area contributed by atoms with Gasteiger partial charge >= 0.3 is 0 Å². The van der Waals surface area contributed by atoms with E-state index in [4.69, 9.17) is 4.98 Å². The van der Waals surface area contributed by atoms with Crippen LogP contribution in [0, 0.1) is 13.8 Å². The number of rotatable bonds is 7. The summed E-state index contributed by atoms with van der Waals surface area (Å²) in [5.41, 5.74) is 4.63. The Morgan fingerprint density at radius 3 is 2.75 bits per heavy atom. The van der Waals surface area contributed by atoms with Crippen LogP contribution in [0.15, 0.2) is 76.5 Å². The Hall–Kier alpha value is -3.16. The average Bonchev–Trinajstić information content (AvgIpc) is 3.22. The number of hydrogen-bond acceptors (Lipinski definition) is 5.